The Balaban J connectivity index is 1.57. The molecule has 0 bridgehead atoms. The molecule has 0 unspecified atom stereocenters. The van der Waals surface area contributed by atoms with Gasteiger partial charge in [0, 0.05) is 38.7 Å². The molecule has 1 aromatic carbocycles. The molecule has 3 atom stereocenters. The van der Waals surface area contributed by atoms with Gasteiger partial charge in [-0.3, -0.25) is 9.69 Å². The molecule has 0 radical (unpaired) electrons. The van der Waals surface area contributed by atoms with Crippen molar-refractivity contribution < 1.29 is 13.9 Å². The average molecular weight is 361 g/mol. The third kappa shape index (κ3) is 3.38. The molecule has 142 valence electrons. The van der Waals surface area contributed by atoms with Crippen molar-refractivity contribution in [3.05, 3.63) is 35.6 Å². The first-order valence-electron chi connectivity index (χ1n) is 9.66. The predicted octanol–water partition coefficient (Wildman–Crippen LogP) is 1.66. The molecule has 0 saturated carbocycles. The number of benzene rings is 1. The Bertz CT molecular complexity index is 650. The summed E-state index contributed by atoms with van der Waals surface area (Å²) < 4.78 is 18.9. The van der Waals surface area contributed by atoms with Gasteiger partial charge in [-0.15, -0.1) is 0 Å². The standard InChI is InChI=1S/C20H28FN3O2/c1-26-13-19(25)24-11-15-10-23(17-5-7-22-8-6-17)12-18(15)20(24)14-3-2-4-16(21)9-14/h2-4,9,15,17-18,20,22H,5-8,10-13H2,1H3/t15-,18-,20+/m1/s1. The third-order valence-electron chi connectivity index (χ3n) is 6.30. The Morgan fingerprint density at radius 1 is 1.27 bits per heavy atom. The number of nitrogens with one attached hydrogen (secondary N) is 1. The van der Waals surface area contributed by atoms with Crippen LogP contribution in [0.1, 0.15) is 24.4 Å². The maximum Gasteiger partial charge on any atom is 0.249 e. The number of piperidine rings is 1. The number of ether oxygens (including phenoxy) is 1. The van der Waals surface area contributed by atoms with Crippen LogP contribution in [-0.2, 0) is 9.53 Å². The van der Waals surface area contributed by atoms with E-state index in [9.17, 15) is 9.18 Å². The minimum Gasteiger partial charge on any atom is -0.375 e. The van der Waals surface area contributed by atoms with Crippen molar-refractivity contribution in [2.45, 2.75) is 24.9 Å². The first kappa shape index (κ1) is 17.9. The van der Waals surface area contributed by atoms with E-state index >= 15 is 0 Å². The van der Waals surface area contributed by atoms with Crippen LogP contribution in [0.3, 0.4) is 0 Å². The lowest BCUT2D eigenvalue weighted by molar-refractivity contribution is -0.136. The van der Waals surface area contributed by atoms with Crippen LogP contribution >= 0.6 is 0 Å². The lowest BCUT2D eigenvalue weighted by atomic mass is 9.89. The molecule has 0 spiro atoms. The smallest absolute Gasteiger partial charge is 0.249 e. The quantitative estimate of drug-likeness (QED) is 0.886. The minimum absolute atomic E-state index is 0.00424. The van der Waals surface area contributed by atoms with Gasteiger partial charge in [0.25, 0.3) is 0 Å². The summed E-state index contributed by atoms with van der Waals surface area (Å²) in [6.07, 6.45) is 2.38. The lowest BCUT2D eigenvalue weighted by Crippen LogP contribution is -2.44. The number of hydrogen-bond acceptors (Lipinski definition) is 4. The van der Waals surface area contributed by atoms with Crippen molar-refractivity contribution in [1.29, 1.82) is 0 Å². The number of methoxy groups -OCH3 is 1. The number of amides is 1. The number of likely N-dealkylation sites (tertiary alicyclic amines) is 2. The van der Waals surface area contributed by atoms with Crippen LogP contribution in [0.15, 0.2) is 24.3 Å². The van der Waals surface area contributed by atoms with E-state index in [0.29, 0.717) is 17.9 Å². The summed E-state index contributed by atoms with van der Waals surface area (Å²) in [7, 11) is 1.55. The Morgan fingerprint density at radius 2 is 2.08 bits per heavy atom. The van der Waals surface area contributed by atoms with Crippen molar-refractivity contribution in [2.75, 3.05) is 46.4 Å². The summed E-state index contributed by atoms with van der Waals surface area (Å²) >= 11 is 0. The fourth-order valence-electron chi connectivity index (χ4n) is 5.13. The van der Waals surface area contributed by atoms with Crippen molar-refractivity contribution in [2.24, 2.45) is 11.8 Å². The first-order valence-corrected chi connectivity index (χ1v) is 9.66. The van der Waals surface area contributed by atoms with Crippen LogP contribution in [0.5, 0.6) is 0 Å². The molecule has 1 N–H and O–H groups in total. The summed E-state index contributed by atoms with van der Waals surface area (Å²) in [5.41, 5.74) is 0.911. The molecule has 3 aliphatic rings. The van der Waals surface area contributed by atoms with Gasteiger partial charge in [0.05, 0.1) is 6.04 Å². The highest BCUT2D eigenvalue weighted by Crippen LogP contribution is 2.46. The number of hydrogen-bond donors (Lipinski definition) is 1. The Morgan fingerprint density at radius 3 is 2.81 bits per heavy atom. The highest BCUT2D eigenvalue weighted by Gasteiger charge is 2.50. The summed E-state index contributed by atoms with van der Waals surface area (Å²) in [5, 5.41) is 3.43. The minimum atomic E-state index is -0.238. The number of rotatable bonds is 4. The van der Waals surface area contributed by atoms with Gasteiger partial charge in [0.1, 0.15) is 12.4 Å². The zero-order chi connectivity index (χ0) is 18.1. The number of nitrogens with zero attached hydrogens (tertiary/aromatic N) is 2. The van der Waals surface area contributed by atoms with Gasteiger partial charge in [0.15, 0.2) is 0 Å². The van der Waals surface area contributed by atoms with Crippen molar-refractivity contribution >= 4 is 5.91 Å². The summed E-state index contributed by atoms with van der Waals surface area (Å²) in [6.45, 7) is 5.04. The molecule has 6 heteroatoms. The summed E-state index contributed by atoms with van der Waals surface area (Å²) in [4.78, 5) is 17.1. The lowest BCUT2D eigenvalue weighted by Gasteiger charge is -2.34. The molecule has 3 heterocycles. The summed E-state index contributed by atoms with van der Waals surface area (Å²) in [5.74, 6) is 0.592. The number of carbonyl (C=O) groups excluding carboxylic acids is 1. The Labute approximate surface area is 154 Å². The summed E-state index contributed by atoms with van der Waals surface area (Å²) in [6, 6.07) is 7.34. The molecular formula is C20H28FN3O2. The predicted molar refractivity (Wildman–Crippen MR) is 97.2 cm³/mol. The van der Waals surface area contributed by atoms with Gasteiger partial charge in [-0.25, -0.2) is 4.39 Å². The fourth-order valence-corrected chi connectivity index (χ4v) is 5.13. The maximum atomic E-state index is 13.9. The molecule has 3 fully saturated rings. The van der Waals surface area contributed by atoms with E-state index in [1.807, 2.05) is 11.0 Å². The van der Waals surface area contributed by atoms with Gasteiger partial charge in [-0.05, 0) is 49.5 Å². The van der Waals surface area contributed by atoms with Gasteiger partial charge < -0.3 is 15.0 Å². The molecule has 1 amide bonds. The van der Waals surface area contributed by atoms with Crippen molar-refractivity contribution in [3.63, 3.8) is 0 Å². The van der Waals surface area contributed by atoms with Crippen LogP contribution in [0.2, 0.25) is 0 Å². The Kier molecular flexibility index (Phi) is 5.25. The number of fused-ring (bicyclic) bond motifs is 1. The van der Waals surface area contributed by atoms with E-state index in [1.165, 1.54) is 18.9 Å². The second kappa shape index (κ2) is 7.62. The monoisotopic (exact) mass is 361 g/mol. The second-order valence-electron chi connectivity index (χ2n) is 7.84. The van der Waals surface area contributed by atoms with E-state index in [-0.39, 0.29) is 24.4 Å². The number of halogens is 1. The van der Waals surface area contributed by atoms with Gasteiger partial charge >= 0.3 is 0 Å². The molecule has 4 rings (SSSR count). The fraction of sp³-hybridized carbons (Fsp3) is 0.650. The SMILES string of the molecule is COCC(=O)N1C[C@H]2CN(C3CCNCC3)C[C@H]2[C@@H]1c1cccc(F)c1. The van der Waals surface area contributed by atoms with Crippen LogP contribution in [-0.4, -0.2) is 68.2 Å². The second-order valence-corrected chi connectivity index (χ2v) is 7.84. The van der Waals surface area contributed by atoms with Crippen LogP contribution < -0.4 is 5.32 Å². The highest BCUT2D eigenvalue weighted by molar-refractivity contribution is 5.78. The zero-order valence-corrected chi connectivity index (χ0v) is 15.4. The molecule has 3 saturated heterocycles. The molecule has 0 aliphatic carbocycles. The van der Waals surface area contributed by atoms with Crippen LogP contribution in [0.4, 0.5) is 4.39 Å². The van der Waals surface area contributed by atoms with E-state index in [1.54, 1.807) is 19.2 Å². The van der Waals surface area contributed by atoms with E-state index in [4.69, 9.17) is 4.74 Å². The van der Waals surface area contributed by atoms with Crippen molar-refractivity contribution in [3.8, 4) is 0 Å². The molecular weight excluding hydrogens is 333 g/mol. The molecule has 5 nitrogen and oxygen atoms in total. The Hall–Kier alpha value is -1.50. The molecule has 1 aromatic rings. The van der Waals surface area contributed by atoms with Crippen LogP contribution in [0, 0.1) is 17.7 Å². The third-order valence-corrected chi connectivity index (χ3v) is 6.30. The largest absolute Gasteiger partial charge is 0.375 e. The number of carbonyl (C=O) groups is 1. The van der Waals surface area contributed by atoms with Crippen LogP contribution in [0.25, 0.3) is 0 Å². The molecule has 26 heavy (non-hydrogen) atoms. The maximum absolute atomic E-state index is 13.9. The van der Waals surface area contributed by atoms with Gasteiger partial charge in [0.2, 0.25) is 5.91 Å². The van der Waals surface area contributed by atoms with E-state index < -0.39 is 0 Å². The van der Waals surface area contributed by atoms with E-state index in [0.717, 1.165) is 38.3 Å². The van der Waals surface area contributed by atoms with Gasteiger partial charge in [-0.2, -0.15) is 0 Å². The van der Waals surface area contributed by atoms with E-state index in [2.05, 4.69) is 10.2 Å². The average Bonchev–Trinajstić information content (AvgIpc) is 3.20. The first-order chi connectivity index (χ1) is 12.7. The van der Waals surface area contributed by atoms with Gasteiger partial charge in [-0.1, -0.05) is 12.1 Å². The highest BCUT2D eigenvalue weighted by atomic mass is 19.1. The zero-order valence-electron chi connectivity index (χ0n) is 15.4. The topological polar surface area (TPSA) is 44.8 Å². The van der Waals surface area contributed by atoms with Crippen molar-refractivity contribution in [1.82, 2.24) is 15.1 Å². The molecule has 3 aliphatic heterocycles. The normalized spacial score (nSPS) is 29.9. The molecule has 0 aromatic heterocycles.